The van der Waals surface area contributed by atoms with E-state index in [0.29, 0.717) is 23.8 Å². The van der Waals surface area contributed by atoms with Crippen LogP contribution in [-0.2, 0) is 16.1 Å². The number of carbonyl (C=O) groups is 2. The zero-order valence-electron chi connectivity index (χ0n) is 15.0. The Morgan fingerprint density at radius 3 is 2.79 bits per heavy atom. The van der Waals surface area contributed by atoms with Crippen LogP contribution in [0, 0.1) is 5.92 Å². The summed E-state index contributed by atoms with van der Waals surface area (Å²) in [5, 5.41) is 7.61. The number of hydrogen-bond acceptors (Lipinski definition) is 4. The van der Waals surface area contributed by atoms with Crippen LogP contribution in [0.4, 0.5) is 11.4 Å². The molecule has 1 saturated heterocycles. The Morgan fingerprint density at radius 2 is 2.04 bits per heavy atom. The quantitative estimate of drug-likeness (QED) is 0.720. The second-order valence-electron chi connectivity index (χ2n) is 6.66. The molecule has 8 heteroatoms. The summed E-state index contributed by atoms with van der Waals surface area (Å²) in [5.74, 6) is -0.632. The molecule has 1 aromatic heterocycles. The summed E-state index contributed by atoms with van der Waals surface area (Å²) >= 11 is 5.90. The lowest BCUT2D eigenvalue weighted by atomic mass is 10.1. The van der Waals surface area contributed by atoms with Gasteiger partial charge in [-0.3, -0.25) is 9.59 Å². The average Bonchev–Trinajstić information content (AvgIpc) is 3.32. The molecule has 2 aromatic carbocycles. The molecule has 0 bridgehead atoms. The van der Waals surface area contributed by atoms with Gasteiger partial charge in [0, 0.05) is 29.4 Å². The summed E-state index contributed by atoms with van der Waals surface area (Å²) in [7, 11) is 0. The molecule has 1 aliphatic heterocycles. The number of nitrogens with one attached hydrogen (secondary N) is 1. The molecule has 1 fully saturated rings. The summed E-state index contributed by atoms with van der Waals surface area (Å²) in [4.78, 5) is 30.6. The van der Waals surface area contributed by atoms with Crippen LogP contribution in [0.15, 0.2) is 61.2 Å². The normalized spacial score (nSPS) is 16.4. The van der Waals surface area contributed by atoms with Gasteiger partial charge in [-0.25, -0.2) is 9.67 Å². The minimum Gasteiger partial charge on any atom is -0.326 e. The van der Waals surface area contributed by atoms with E-state index >= 15 is 0 Å². The molecule has 28 heavy (non-hydrogen) atoms. The van der Waals surface area contributed by atoms with Crippen molar-refractivity contribution in [1.82, 2.24) is 14.8 Å². The predicted octanol–water partition coefficient (Wildman–Crippen LogP) is 2.97. The van der Waals surface area contributed by atoms with Gasteiger partial charge in [0.05, 0.1) is 12.5 Å². The fourth-order valence-corrected chi connectivity index (χ4v) is 3.37. The molecule has 1 atom stereocenters. The summed E-state index contributed by atoms with van der Waals surface area (Å²) in [5.41, 5.74) is 2.44. The largest absolute Gasteiger partial charge is 0.326 e. The van der Waals surface area contributed by atoms with Crippen LogP contribution < -0.4 is 10.2 Å². The fraction of sp³-hybridized carbons (Fsp3) is 0.200. The number of rotatable bonds is 5. The molecule has 1 N–H and O–H groups in total. The number of carbonyl (C=O) groups excluding carboxylic acids is 2. The molecular formula is C20H18ClN5O2. The minimum atomic E-state index is -0.401. The molecule has 0 unspecified atom stereocenters. The molecule has 0 aliphatic carbocycles. The van der Waals surface area contributed by atoms with E-state index in [1.165, 1.54) is 6.33 Å². The first-order valence-corrected chi connectivity index (χ1v) is 9.24. The minimum absolute atomic E-state index is 0.0672. The number of anilines is 2. The van der Waals surface area contributed by atoms with Gasteiger partial charge in [0.1, 0.15) is 12.7 Å². The maximum Gasteiger partial charge on any atom is 0.229 e. The van der Waals surface area contributed by atoms with E-state index in [1.54, 1.807) is 40.2 Å². The Kier molecular flexibility index (Phi) is 5.08. The Hall–Kier alpha value is -3.19. The zero-order chi connectivity index (χ0) is 19.5. The molecule has 1 aliphatic rings. The predicted molar refractivity (Wildman–Crippen MR) is 106 cm³/mol. The summed E-state index contributed by atoms with van der Waals surface area (Å²) in [6.45, 7) is 0.918. The lowest BCUT2D eigenvalue weighted by molar-refractivity contribution is -0.122. The van der Waals surface area contributed by atoms with Crippen LogP contribution in [-0.4, -0.2) is 33.1 Å². The molecule has 7 nitrogen and oxygen atoms in total. The number of aromatic nitrogens is 3. The Labute approximate surface area is 166 Å². The van der Waals surface area contributed by atoms with Gasteiger partial charge >= 0.3 is 0 Å². The van der Waals surface area contributed by atoms with Gasteiger partial charge in [-0.15, -0.1) is 0 Å². The first-order chi connectivity index (χ1) is 13.6. The van der Waals surface area contributed by atoms with Crippen LogP contribution in [0.3, 0.4) is 0 Å². The summed E-state index contributed by atoms with van der Waals surface area (Å²) in [6, 6.07) is 14.6. The molecule has 142 valence electrons. The van der Waals surface area contributed by atoms with Gasteiger partial charge in [-0.2, -0.15) is 5.10 Å². The second-order valence-corrected chi connectivity index (χ2v) is 7.10. The molecule has 0 saturated carbocycles. The maximum atomic E-state index is 12.7. The van der Waals surface area contributed by atoms with E-state index in [4.69, 9.17) is 11.6 Å². The Bertz CT molecular complexity index is 988. The van der Waals surface area contributed by atoms with Crippen LogP contribution in [0.25, 0.3) is 0 Å². The van der Waals surface area contributed by atoms with Gasteiger partial charge in [0.2, 0.25) is 11.8 Å². The molecule has 4 rings (SSSR count). The highest BCUT2D eigenvalue weighted by atomic mass is 35.5. The van der Waals surface area contributed by atoms with Crippen molar-refractivity contribution in [3.63, 3.8) is 0 Å². The standard InChI is InChI=1S/C20H18ClN5O2/c21-16-4-6-18(7-5-16)26-11-15(9-19(26)27)20(28)24-17-3-1-2-14(8-17)10-25-13-22-12-23-25/h1-8,12-13,15H,9-11H2,(H,24,28)/t15-/m0/s1. The summed E-state index contributed by atoms with van der Waals surface area (Å²) < 4.78 is 1.71. The molecule has 2 heterocycles. The first-order valence-electron chi connectivity index (χ1n) is 8.86. The maximum absolute atomic E-state index is 12.7. The van der Waals surface area contributed by atoms with Crippen molar-refractivity contribution in [2.75, 3.05) is 16.8 Å². The number of halogens is 1. The monoisotopic (exact) mass is 395 g/mol. The van der Waals surface area contributed by atoms with E-state index in [1.807, 2.05) is 24.3 Å². The fourth-order valence-electron chi connectivity index (χ4n) is 3.25. The van der Waals surface area contributed by atoms with Crippen molar-refractivity contribution in [1.29, 1.82) is 0 Å². The lowest BCUT2D eigenvalue weighted by Crippen LogP contribution is -2.28. The van der Waals surface area contributed by atoms with Gasteiger partial charge in [-0.1, -0.05) is 23.7 Å². The Morgan fingerprint density at radius 1 is 1.21 bits per heavy atom. The summed E-state index contributed by atoms with van der Waals surface area (Å²) in [6.07, 6.45) is 3.31. The molecule has 2 amide bonds. The van der Waals surface area contributed by atoms with Crippen LogP contribution >= 0.6 is 11.6 Å². The van der Waals surface area contributed by atoms with Gasteiger partial charge in [0.25, 0.3) is 0 Å². The average molecular weight is 396 g/mol. The van der Waals surface area contributed by atoms with Crippen LogP contribution in [0.2, 0.25) is 5.02 Å². The highest BCUT2D eigenvalue weighted by Crippen LogP contribution is 2.27. The van der Waals surface area contributed by atoms with Gasteiger partial charge in [0.15, 0.2) is 0 Å². The number of benzene rings is 2. The highest BCUT2D eigenvalue weighted by molar-refractivity contribution is 6.30. The van der Waals surface area contributed by atoms with E-state index < -0.39 is 5.92 Å². The first kappa shape index (κ1) is 18.2. The van der Waals surface area contributed by atoms with Gasteiger partial charge < -0.3 is 10.2 Å². The number of amides is 2. The van der Waals surface area contributed by atoms with Crippen molar-refractivity contribution in [3.05, 3.63) is 71.8 Å². The number of hydrogen-bond donors (Lipinski definition) is 1. The SMILES string of the molecule is O=C(Nc1cccc(Cn2cncn2)c1)[C@H]1CC(=O)N(c2ccc(Cl)cc2)C1. The molecular weight excluding hydrogens is 378 g/mol. The third kappa shape index (κ3) is 4.04. The molecule has 3 aromatic rings. The van der Waals surface area contributed by atoms with E-state index in [9.17, 15) is 9.59 Å². The number of nitrogens with zero attached hydrogens (tertiary/aromatic N) is 4. The lowest BCUT2D eigenvalue weighted by Gasteiger charge is -2.17. The van der Waals surface area contributed by atoms with E-state index in [0.717, 1.165) is 11.3 Å². The van der Waals surface area contributed by atoms with Crippen molar-refractivity contribution in [3.8, 4) is 0 Å². The van der Waals surface area contributed by atoms with E-state index in [-0.39, 0.29) is 18.2 Å². The Balaban J connectivity index is 1.41. The zero-order valence-corrected chi connectivity index (χ0v) is 15.7. The van der Waals surface area contributed by atoms with Crippen molar-refractivity contribution in [2.45, 2.75) is 13.0 Å². The van der Waals surface area contributed by atoms with Crippen LogP contribution in [0.1, 0.15) is 12.0 Å². The highest BCUT2D eigenvalue weighted by Gasteiger charge is 2.35. The molecule has 0 radical (unpaired) electrons. The van der Waals surface area contributed by atoms with Crippen molar-refractivity contribution in [2.24, 2.45) is 5.92 Å². The third-order valence-electron chi connectivity index (χ3n) is 4.64. The topological polar surface area (TPSA) is 80.1 Å². The van der Waals surface area contributed by atoms with E-state index in [2.05, 4.69) is 15.4 Å². The van der Waals surface area contributed by atoms with Crippen molar-refractivity contribution >= 4 is 34.8 Å². The smallest absolute Gasteiger partial charge is 0.229 e. The van der Waals surface area contributed by atoms with Gasteiger partial charge in [-0.05, 0) is 42.0 Å². The molecule has 0 spiro atoms. The third-order valence-corrected chi connectivity index (χ3v) is 4.89. The van der Waals surface area contributed by atoms with Crippen molar-refractivity contribution < 1.29 is 9.59 Å². The second kappa shape index (κ2) is 7.82. The van der Waals surface area contributed by atoms with Crippen LogP contribution in [0.5, 0.6) is 0 Å².